The summed E-state index contributed by atoms with van der Waals surface area (Å²) in [5.41, 5.74) is 1.40. The summed E-state index contributed by atoms with van der Waals surface area (Å²) in [4.78, 5) is 9.54. The highest BCUT2D eigenvalue weighted by molar-refractivity contribution is 5.80. The van der Waals surface area contributed by atoms with E-state index in [9.17, 15) is 0 Å². The van der Waals surface area contributed by atoms with Gasteiger partial charge in [-0.25, -0.2) is 0 Å². The number of hydrogen-bond donors (Lipinski definition) is 1. The van der Waals surface area contributed by atoms with Crippen LogP contribution in [-0.2, 0) is 0 Å². The van der Waals surface area contributed by atoms with E-state index in [4.69, 9.17) is 4.74 Å². The number of nitrogens with one attached hydrogen (secondary N) is 1. The SMILES string of the molecule is CCCN1CCC(CNC(=NC)N2CCC(c3ccc(OC)cc3)C2)C1. The first-order valence-corrected chi connectivity index (χ1v) is 10.0. The van der Waals surface area contributed by atoms with Crippen LogP contribution in [0.4, 0.5) is 0 Å². The predicted octanol–water partition coefficient (Wildman–Crippen LogP) is 2.79. The van der Waals surface area contributed by atoms with Crippen molar-refractivity contribution in [3.05, 3.63) is 29.8 Å². The Hall–Kier alpha value is -1.75. The Kier molecular flexibility index (Phi) is 6.78. The van der Waals surface area contributed by atoms with E-state index in [2.05, 4.69) is 51.3 Å². The summed E-state index contributed by atoms with van der Waals surface area (Å²) in [6.07, 6.45) is 3.74. The van der Waals surface area contributed by atoms with Crippen LogP contribution in [0.15, 0.2) is 29.3 Å². The van der Waals surface area contributed by atoms with Crippen molar-refractivity contribution >= 4 is 5.96 Å². The molecule has 26 heavy (non-hydrogen) atoms. The van der Waals surface area contributed by atoms with Crippen LogP contribution >= 0.6 is 0 Å². The second-order valence-electron chi connectivity index (χ2n) is 7.59. The van der Waals surface area contributed by atoms with Crippen LogP contribution in [0.3, 0.4) is 0 Å². The molecule has 2 fully saturated rings. The summed E-state index contributed by atoms with van der Waals surface area (Å²) < 4.78 is 5.27. The number of guanidine groups is 1. The summed E-state index contributed by atoms with van der Waals surface area (Å²) >= 11 is 0. The molecule has 0 amide bonds. The number of aliphatic imine (C=N–C) groups is 1. The second kappa shape index (κ2) is 9.26. The van der Waals surface area contributed by atoms with Crippen molar-refractivity contribution in [3.63, 3.8) is 0 Å². The molecule has 2 atom stereocenters. The minimum absolute atomic E-state index is 0.575. The number of nitrogens with zero attached hydrogens (tertiary/aromatic N) is 3. The fourth-order valence-electron chi connectivity index (χ4n) is 4.27. The Morgan fingerprint density at radius 2 is 2.00 bits per heavy atom. The Morgan fingerprint density at radius 1 is 1.19 bits per heavy atom. The summed E-state index contributed by atoms with van der Waals surface area (Å²) in [5.74, 6) is 3.31. The molecule has 0 aromatic heterocycles. The average Bonchev–Trinajstić information content (AvgIpc) is 3.33. The summed E-state index contributed by atoms with van der Waals surface area (Å²) in [6, 6.07) is 8.52. The molecule has 2 aliphatic rings. The zero-order valence-electron chi connectivity index (χ0n) is 16.6. The third-order valence-corrected chi connectivity index (χ3v) is 5.75. The van der Waals surface area contributed by atoms with Gasteiger partial charge in [-0.2, -0.15) is 0 Å². The van der Waals surface area contributed by atoms with Gasteiger partial charge < -0.3 is 19.9 Å². The second-order valence-corrected chi connectivity index (χ2v) is 7.59. The topological polar surface area (TPSA) is 40.1 Å². The molecule has 0 bridgehead atoms. The average molecular weight is 359 g/mol. The number of ether oxygens (including phenoxy) is 1. The molecule has 1 aromatic carbocycles. The van der Waals surface area contributed by atoms with E-state index in [1.807, 2.05) is 7.05 Å². The molecule has 0 spiro atoms. The number of likely N-dealkylation sites (tertiary alicyclic amines) is 2. The van der Waals surface area contributed by atoms with Crippen LogP contribution in [0.5, 0.6) is 5.75 Å². The largest absolute Gasteiger partial charge is 0.497 e. The molecule has 2 unspecified atom stereocenters. The molecule has 2 heterocycles. The zero-order chi connectivity index (χ0) is 18.4. The first-order chi connectivity index (χ1) is 12.7. The van der Waals surface area contributed by atoms with E-state index >= 15 is 0 Å². The molecule has 144 valence electrons. The fourth-order valence-corrected chi connectivity index (χ4v) is 4.27. The Bertz CT molecular complexity index is 586. The smallest absolute Gasteiger partial charge is 0.193 e. The fraction of sp³-hybridized carbons (Fsp3) is 0.667. The van der Waals surface area contributed by atoms with Crippen LogP contribution in [0.2, 0.25) is 0 Å². The molecule has 1 aromatic rings. The van der Waals surface area contributed by atoms with Crippen LogP contribution in [-0.4, -0.2) is 69.2 Å². The van der Waals surface area contributed by atoms with E-state index < -0.39 is 0 Å². The highest BCUT2D eigenvalue weighted by Gasteiger charge is 2.27. The van der Waals surface area contributed by atoms with Crippen molar-refractivity contribution in [1.29, 1.82) is 0 Å². The van der Waals surface area contributed by atoms with Gasteiger partial charge in [0, 0.05) is 39.1 Å². The van der Waals surface area contributed by atoms with Gasteiger partial charge in [0.2, 0.25) is 0 Å². The third kappa shape index (κ3) is 4.70. The van der Waals surface area contributed by atoms with Gasteiger partial charge in [0.15, 0.2) is 5.96 Å². The van der Waals surface area contributed by atoms with Crippen molar-refractivity contribution in [2.45, 2.75) is 32.1 Å². The van der Waals surface area contributed by atoms with E-state index in [0.717, 1.165) is 37.3 Å². The van der Waals surface area contributed by atoms with Crippen LogP contribution < -0.4 is 10.1 Å². The maximum Gasteiger partial charge on any atom is 0.193 e. The van der Waals surface area contributed by atoms with E-state index in [-0.39, 0.29) is 0 Å². The lowest BCUT2D eigenvalue weighted by Crippen LogP contribution is -2.42. The van der Waals surface area contributed by atoms with Gasteiger partial charge in [0.05, 0.1) is 7.11 Å². The maximum atomic E-state index is 5.27. The number of rotatable bonds is 6. The first kappa shape index (κ1) is 19.0. The van der Waals surface area contributed by atoms with E-state index in [1.165, 1.54) is 44.5 Å². The van der Waals surface area contributed by atoms with Gasteiger partial charge in [-0.15, -0.1) is 0 Å². The molecule has 5 nitrogen and oxygen atoms in total. The van der Waals surface area contributed by atoms with Crippen LogP contribution in [0.25, 0.3) is 0 Å². The molecule has 1 N–H and O–H groups in total. The monoisotopic (exact) mass is 358 g/mol. The number of hydrogen-bond acceptors (Lipinski definition) is 3. The molecule has 0 radical (unpaired) electrons. The molecule has 2 saturated heterocycles. The zero-order valence-corrected chi connectivity index (χ0v) is 16.6. The summed E-state index contributed by atoms with van der Waals surface area (Å²) in [6.45, 7) is 9.13. The minimum Gasteiger partial charge on any atom is -0.497 e. The predicted molar refractivity (Wildman–Crippen MR) is 108 cm³/mol. The van der Waals surface area contributed by atoms with E-state index in [1.54, 1.807) is 7.11 Å². The Balaban J connectivity index is 1.48. The molecule has 0 saturated carbocycles. The van der Waals surface area contributed by atoms with E-state index in [0.29, 0.717) is 5.92 Å². The number of benzene rings is 1. The highest BCUT2D eigenvalue weighted by atomic mass is 16.5. The molecule has 0 aliphatic carbocycles. The van der Waals surface area contributed by atoms with Crippen molar-refractivity contribution in [2.24, 2.45) is 10.9 Å². The van der Waals surface area contributed by atoms with Crippen molar-refractivity contribution in [1.82, 2.24) is 15.1 Å². The van der Waals surface area contributed by atoms with Crippen molar-refractivity contribution < 1.29 is 4.74 Å². The minimum atomic E-state index is 0.575. The normalized spacial score (nSPS) is 24.3. The Labute approximate surface area is 158 Å². The third-order valence-electron chi connectivity index (χ3n) is 5.75. The summed E-state index contributed by atoms with van der Waals surface area (Å²) in [5, 5.41) is 3.64. The lowest BCUT2D eigenvalue weighted by Gasteiger charge is -2.23. The molecule has 3 rings (SSSR count). The van der Waals surface area contributed by atoms with Crippen molar-refractivity contribution in [2.75, 3.05) is 53.4 Å². The van der Waals surface area contributed by atoms with Crippen LogP contribution in [0.1, 0.15) is 37.7 Å². The van der Waals surface area contributed by atoms with Gasteiger partial charge in [-0.05, 0) is 56.0 Å². The lowest BCUT2D eigenvalue weighted by molar-refractivity contribution is 0.324. The van der Waals surface area contributed by atoms with Gasteiger partial charge in [-0.1, -0.05) is 19.1 Å². The van der Waals surface area contributed by atoms with Crippen LogP contribution in [0, 0.1) is 5.92 Å². The molecule has 5 heteroatoms. The quantitative estimate of drug-likeness (QED) is 0.627. The van der Waals surface area contributed by atoms with Gasteiger partial charge in [0.25, 0.3) is 0 Å². The Morgan fingerprint density at radius 3 is 2.69 bits per heavy atom. The molecule has 2 aliphatic heterocycles. The maximum absolute atomic E-state index is 5.27. The first-order valence-electron chi connectivity index (χ1n) is 10.0. The highest BCUT2D eigenvalue weighted by Crippen LogP contribution is 2.28. The number of methoxy groups -OCH3 is 1. The molecular weight excluding hydrogens is 324 g/mol. The standard InChI is InChI=1S/C21H34N4O/c1-4-11-24-12-9-17(15-24)14-23-21(22-2)25-13-10-19(16-25)18-5-7-20(26-3)8-6-18/h5-8,17,19H,4,9-16H2,1-3H3,(H,22,23). The molecular formula is C21H34N4O. The van der Waals surface area contributed by atoms with Gasteiger partial charge in [-0.3, -0.25) is 4.99 Å². The summed E-state index contributed by atoms with van der Waals surface area (Å²) in [7, 11) is 3.62. The van der Waals surface area contributed by atoms with Gasteiger partial charge in [0.1, 0.15) is 5.75 Å². The van der Waals surface area contributed by atoms with Crippen molar-refractivity contribution in [3.8, 4) is 5.75 Å². The van der Waals surface area contributed by atoms with Gasteiger partial charge >= 0.3 is 0 Å². The lowest BCUT2D eigenvalue weighted by atomic mass is 9.98.